The van der Waals surface area contributed by atoms with E-state index in [-0.39, 0.29) is 5.70 Å². The van der Waals surface area contributed by atoms with E-state index >= 15 is 0 Å². The van der Waals surface area contributed by atoms with Crippen molar-refractivity contribution in [3.8, 4) is 6.07 Å². The van der Waals surface area contributed by atoms with Crippen LogP contribution in [0.5, 0.6) is 0 Å². The van der Waals surface area contributed by atoms with E-state index in [0.717, 1.165) is 6.08 Å². The smallest absolute Gasteiger partial charge is 0.354 e. The van der Waals surface area contributed by atoms with Crippen molar-refractivity contribution in [1.82, 2.24) is 0 Å². The summed E-state index contributed by atoms with van der Waals surface area (Å²) in [5.74, 6) is -1.44. The average Bonchev–Trinajstić information content (AvgIpc) is 2.45. The molecule has 0 aliphatic carbocycles. The van der Waals surface area contributed by atoms with Gasteiger partial charge in [-0.2, -0.15) is 5.26 Å². The third-order valence-corrected chi connectivity index (χ3v) is 2.19. The first kappa shape index (κ1) is 14.3. The van der Waals surface area contributed by atoms with Gasteiger partial charge in [0, 0.05) is 0 Å². The highest BCUT2D eigenvalue weighted by Crippen LogP contribution is 2.16. The van der Waals surface area contributed by atoms with Gasteiger partial charge in [-0.3, -0.25) is 0 Å². The number of carbonyl (C=O) groups is 2. The van der Waals surface area contributed by atoms with Crippen LogP contribution in [-0.4, -0.2) is 26.2 Å². The molecule has 0 atom stereocenters. The molecule has 0 unspecified atom stereocenters. The molecule has 98 valence electrons. The van der Waals surface area contributed by atoms with Crippen molar-refractivity contribution in [2.24, 2.45) is 0 Å². The molecular weight excluding hydrogens is 248 g/mol. The number of nitrogens with one attached hydrogen (secondary N) is 1. The Bertz CT molecular complexity index is 558. The molecule has 0 fully saturated rings. The van der Waals surface area contributed by atoms with Crippen LogP contribution in [0.15, 0.2) is 36.0 Å². The highest BCUT2D eigenvalue weighted by Gasteiger charge is 2.14. The lowest BCUT2D eigenvalue weighted by Crippen LogP contribution is -2.16. The number of para-hydroxylation sites is 1. The van der Waals surface area contributed by atoms with E-state index in [1.165, 1.54) is 14.2 Å². The number of ether oxygens (including phenoxy) is 2. The van der Waals surface area contributed by atoms with E-state index in [1.54, 1.807) is 24.3 Å². The lowest BCUT2D eigenvalue weighted by Gasteiger charge is -2.09. The van der Waals surface area contributed by atoms with Gasteiger partial charge in [0.05, 0.1) is 31.5 Å². The minimum absolute atomic E-state index is 0.114. The predicted molar refractivity (Wildman–Crippen MR) is 66.9 cm³/mol. The third-order valence-electron chi connectivity index (χ3n) is 2.19. The van der Waals surface area contributed by atoms with Crippen molar-refractivity contribution in [2.45, 2.75) is 0 Å². The molecule has 0 aliphatic heterocycles. The zero-order valence-electron chi connectivity index (χ0n) is 10.5. The van der Waals surface area contributed by atoms with Crippen molar-refractivity contribution in [3.05, 3.63) is 41.6 Å². The summed E-state index contributed by atoms with van der Waals surface area (Å²) >= 11 is 0. The molecule has 0 saturated heterocycles. The van der Waals surface area contributed by atoms with Crippen LogP contribution in [0.25, 0.3) is 0 Å². The number of anilines is 1. The van der Waals surface area contributed by atoms with E-state index in [4.69, 9.17) is 5.26 Å². The topological polar surface area (TPSA) is 88.4 Å². The van der Waals surface area contributed by atoms with Crippen LogP contribution >= 0.6 is 0 Å². The van der Waals surface area contributed by atoms with Crippen LogP contribution in [0.3, 0.4) is 0 Å². The number of methoxy groups -OCH3 is 2. The van der Waals surface area contributed by atoms with Crippen molar-refractivity contribution in [1.29, 1.82) is 5.26 Å². The number of carbonyl (C=O) groups excluding carboxylic acids is 2. The van der Waals surface area contributed by atoms with E-state index in [0.29, 0.717) is 11.3 Å². The number of hydrogen-bond acceptors (Lipinski definition) is 6. The summed E-state index contributed by atoms with van der Waals surface area (Å²) in [5, 5.41) is 11.6. The summed E-state index contributed by atoms with van der Waals surface area (Å²) in [6.45, 7) is 0. The van der Waals surface area contributed by atoms with E-state index in [9.17, 15) is 9.59 Å². The van der Waals surface area contributed by atoms with Gasteiger partial charge in [0.2, 0.25) is 0 Å². The molecule has 0 amide bonds. The quantitative estimate of drug-likeness (QED) is 0.646. The van der Waals surface area contributed by atoms with Crippen LogP contribution in [0.1, 0.15) is 5.56 Å². The Hall–Kier alpha value is -2.81. The third kappa shape index (κ3) is 3.85. The second-order valence-electron chi connectivity index (χ2n) is 3.36. The lowest BCUT2D eigenvalue weighted by atomic mass is 10.2. The molecule has 1 N–H and O–H groups in total. The summed E-state index contributed by atoms with van der Waals surface area (Å²) < 4.78 is 8.98. The van der Waals surface area contributed by atoms with Crippen LogP contribution < -0.4 is 5.32 Å². The van der Waals surface area contributed by atoms with Gasteiger partial charge < -0.3 is 14.8 Å². The minimum Gasteiger partial charge on any atom is -0.466 e. The van der Waals surface area contributed by atoms with Crippen molar-refractivity contribution < 1.29 is 19.1 Å². The molecule has 6 nitrogen and oxygen atoms in total. The van der Waals surface area contributed by atoms with Crippen LogP contribution in [0, 0.1) is 11.3 Å². The lowest BCUT2D eigenvalue weighted by molar-refractivity contribution is -0.138. The SMILES string of the molecule is COC(=O)/C=C(/Nc1ccccc1C#N)C(=O)OC. The average molecular weight is 260 g/mol. The number of benzene rings is 1. The molecule has 6 heteroatoms. The molecule has 0 radical (unpaired) electrons. The van der Waals surface area contributed by atoms with Gasteiger partial charge in [0.15, 0.2) is 0 Å². The Labute approximate surface area is 110 Å². The summed E-state index contributed by atoms with van der Waals surface area (Å²) in [6.07, 6.45) is 0.958. The maximum atomic E-state index is 11.5. The molecule has 0 bridgehead atoms. The Morgan fingerprint density at radius 1 is 1.26 bits per heavy atom. The number of hydrogen-bond donors (Lipinski definition) is 1. The summed E-state index contributed by atoms with van der Waals surface area (Å²) in [5.41, 5.74) is 0.616. The maximum Gasteiger partial charge on any atom is 0.354 e. The van der Waals surface area contributed by atoms with Gasteiger partial charge in [0.25, 0.3) is 0 Å². The van der Waals surface area contributed by atoms with Gasteiger partial charge in [-0.15, -0.1) is 0 Å². The summed E-state index contributed by atoms with van der Waals surface area (Å²) in [4.78, 5) is 22.7. The number of nitrogens with zero attached hydrogens (tertiary/aromatic N) is 1. The van der Waals surface area contributed by atoms with E-state index in [2.05, 4.69) is 14.8 Å². The molecule has 0 heterocycles. The second-order valence-corrected chi connectivity index (χ2v) is 3.36. The molecule has 1 aromatic rings. The zero-order valence-corrected chi connectivity index (χ0v) is 10.5. The Kier molecular flexibility index (Phi) is 5.11. The van der Waals surface area contributed by atoms with Crippen molar-refractivity contribution in [2.75, 3.05) is 19.5 Å². The van der Waals surface area contributed by atoms with Gasteiger partial charge in [-0.25, -0.2) is 9.59 Å². The summed E-state index contributed by atoms with van der Waals surface area (Å²) in [7, 11) is 2.38. The van der Waals surface area contributed by atoms with E-state index < -0.39 is 11.9 Å². The Balaban J connectivity index is 3.08. The second kappa shape index (κ2) is 6.81. The number of nitriles is 1. The fourth-order valence-electron chi connectivity index (χ4n) is 1.27. The fraction of sp³-hybridized carbons (Fsp3) is 0.154. The summed E-state index contributed by atoms with van der Waals surface area (Å²) in [6, 6.07) is 8.53. The highest BCUT2D eigenvalue weighted by atomic mass is 16.5. The predicted octanol–water partition coefficient (Wildman–Crippen LogP) is 1.20. The molecule has 0 aromatic heterocycles. The molecule has 1 rings (SSSR count). The molecule has 0 aliphatic rings. The normalized spacial score (nSPS) is 10.3. The first-order chi connectivity index (χ1) is 9.12. The maximum absolute atomic E-state index is 11.5. The van der Waals surface area contributed by atoms with E-state index in [1.807, 2.05) is 6.07 Å². The van der Waals surface area contributed by atoms with Gasteiger partial charge in [0.1, 0.15) is 11.8 Å². The molecule has 0 spiro atoms. The van der Waals surface area contributed by atoms with Crippen LogP contribution in [0.4, 0.5) is 5.69 Å². The van der Waals surface area contributed by atoms with Gasteiger partial charge in [-0.1, -0.05) is 12.1 Å². The Morgan fingerprint density at radius 2 is 1.95 bits per heavy atom. The first-order valence-electron chi connectivity index (χ1n) is 5.26. The van der Waals surface area contributed by atoms with Crippen LogP contribution in [0.2, 0.25) is 0 Å². The first-order valence-corrected chi connectivity index (χ1v) is 5.26. The number of esters is 2. The van der Waals surface area contributed by atoms with Gasteiger partial charge in [-0.05, 0) is 12.1 Å². The molecular formula is C13H12N2O4. The van der Waals surface area contributed by atoms with Crippen molar-refractivity contribution in [3.63, 3.8) is 0 Å². The fourth-order valence-corrected chi connectivity index (χ4v) is 1.27. The van der Waals surface area contributed by atoms with Gasteiger partial charge >= 0.3 is 11.9 Å². The highest BCUT2D eigenvalue weighted by molar-refractivity contribution is 5.98. The number of rotatable bonds is 4. The Morgan fingerprint density at radius 3 is 2.53 bits per heavy atom. The molecule has 1 aromatic carbocycles. The molecule has 0 saturated carbocycles. The molecule has 19 heavy (non-hydrogen) atoms. The largest absolute Gasteiger partial charge is 0.466 e. The van der Waals surface area contributed by atoms with Crippen LogP contribution in [-0.2, 0) is 19.1 Å². The standard InChI is InChI=1S/C13H12N2O4/c1-18-12(16)7-11(13(17)19-2)15-10-6-4-3-5-9(10)8-14/h3-7,15H,1-2H3/b11-7+. The minimum atomic E-state index is -0.738. The monoisotopic (exact) mass is 260 g/mol. The zero-order chi connectivity index (χ0) is 14.3. The van der Waals surface area contributed by atoms with Crippen molar-refractivity contribution >= 4 is 17.6 Å².